The van der Waals surface area contributed by atoms with Crippen molar-refractivity contribution in [1.29, 1.82) is 0 Å². The summed E-state index contributed by atoms with van der Waals surface area (Å²) in [5.41, 5.74) is 0.226. The van der Waals surface area contributed by atoms with Crippen LogP contribution < -0.4 is 15.8 Å². The molecule has 1 amide bonds. The zero-order valence-corrected chi connectivity index (χ0v) is 18.3. The van der Waals surface area contributed by atoms with Gasteiger partial charge in [-0.2, -0.15) is 4.31 Å². The van der Waals surface area contributed by atoms with Gasteiger partial charge in [0.1, 0.15) is 10.7 Å². The maximum atomic E-state index is 13.0. The van der Waals surface area contributed by atoms with Gasteiger partial charge in [-0.05, 0) is 42.0 Å². The number of nitrogens with zero attached hydrogens (tertiary/aromatic N) is 4. The van der Waals surface area contributed by atoms with E-state index in [0.29, 0.717) is 18.9 Å². The Kier molecular flexibility index (Phi) is 6.47. The molecule has 1 fully saturated rings. The average Bonchev–Trinajstić information content (AvgIpc) is 2.84. The number of sulfonamides is 1. The van der Waals surface area contributed by atoms with E-state index >= 15 is 0 Å². The number of rotatable bonds is 6. The monoisotopic (exact) mass is 472 g/mol. The van der Waals surface area contributed by atoms with Crippen LogP contribution in [0.15, 0.2) is 64.4 Å². The van der Waals surface area contributed by atoms with Gasteiger partial charge in [0.2, 0.25) is 10.0 Å². The standard InChI is InChI=1S/C21H21FN6O4S/c22-16-5-3-15(4-6-16)14-24-20(29)17-7-8-19(26-25-17)27-10-12-28(13-11-27)33(31,32)18-2-1-9-23-21(18)30/h1-9H,10-14H2,(H,23,30)(H,24,29). The zero-order chi connectivity index (χ0) is 23.4. The number of nitrogens with one attached hydrogen (secondary N) is 2. The molecule has 12 heteroatoms. The zero-order valence-electron chi connectivity index (χ0n) is 17.4. The van der Waals surface area contributed by atoms with Crippen LogP contribution in [-0.4, -0.2) is 60.0 Å². The lowest BCUT2D eigenvalue weighted by molar-refractivity contribution is 0.0945. The molecule has 0 spiro atoms. The second-order valence-corrected chi connectivity index (χ2v) is 9.25. The fourth-order valence-electron chi connectivity index (χ4n) is 3.40. The fourth-order valence-corrected chi connectivity index (χ4v) is 4.86. The normalized spacial score (nSPS) is 14.8. The first-order valence-electron chi connectivity index (χ1n) is 10.1. The Morgan fingerprint density at radius 2 is 1.76 bits per heavy atom. The highest BCUT2D eigenvalue weighted by Gasteiger charge is 2.30. The molecule has 2 aromatic heterocycles. The molecule has 0 radical (unpaired) electrons. The summed E-state index contributed by atoms with van der Waals surface area (Å²) in [7, 11) is -3.89. The van der Waals surface area contributed by atoms with Crippen molar-refractivity contribution < 1.29 is 17.6 Å². The molecule has 3 heterocycles. The molecule has 1 saturated heterocycles. The number of hydrogen-bond donors (Lipinski definition) is 2. The lowest BCUT2D eigenvalue weighted by Crippen LogP contribution is -2.49. The van der Waals surface area contributed by atoms with E-state index in [1.807, 2.05) is 4.90 Å². The fraction of sp³-hybridized carbons (Fsp3) is 0.238. The molecule has 0 atom stereocenters. The Balaban J connectivity index is 1.34. The van der Waals surface area contributed by atoms with Gasteiger partial charge in [0.25, 0.3) is 11.5 Å². The molecule has 1 aromatic carbocycles. The third-order valence-electron chi connectivity index (χ3n) is 5.21. The number of pyridine rings is 1. The van der Waals surface area contributed by atoms with E-state index in [1.165, 1.54) is 40.8 Å². The van der Waals surface area contributed by atoms with E-state index in [0.717, 1.165) is 5.56 Å². The molecular weight excluding hydrogens is 451 g/mol. The number of amides is 1. The van der Waals surface area contributed by atoms with E-state index < -0.39 is 21.5 Å². The number of carbonyl (C=O) groups is 1. The number of halogens is 1. The molecule has 172 valence electrons. The first-order chi connectivity index (χ1) is 15.8. The molecule has 1 aliphatic heterocycles. The number of aromatic amines is 1. The predicted molar refractivity (Wildman–Crippen MR) is 118 cm³/mol. The summed E-state index contributed by atoms with van der Waals surface area (Å²) in [4.78, 5) is 28.1. The predicted octanol–water partition coefficient (Wildman–Crippen LogP) is 0.745. The molecule has 33 heavy (non-hydrogen) atoms. The number of carbonyl (C=O) groups excluding carboxylic acids is 1. The van der Waals surface area contributed by atoms with Crippen molar-refractivity contribution in [2.45, 2.75) is 11.4 Å². The minimum atomic E-state index is -3.89. The minimum Gasteiger partial charge on any atom is -0.352 e. The molecule has 3 aromatic rings. The van der Waals surface area contributed by atoms with Gasteiger partial charge in [-0.3, -0.25) is 9.59 Å². The van der Waals surface area contributed by atoms with Gasteiger partial charge in [0.05, 0.1) is 0 Å². The van der Waals surface area contributed by atoms with Gasteiger partial charge < -0.3 is 15.2 Å². The van der Waals surface area contributed by atoms with Crippen molar-refractivity contribution in [3.05, 3.63) is 82.2 Å². The average molecular weight is 473 g/mol. The summed E-state index contributed by atoms with van der Waals surface area (Å²) in [6, 6.07) is 11.7. The Labute approximate surface area is 189 Å². The number of anilines is 1. The van der Waals surface area contributed by atoms with Crippen molar-refractivity contribution >= 4 is 21.7 Å². The highest BCUT2D eigenvalue weighted by molar-refractivity contribution is 7.89. The second-order valence-electron chi connectivity index (χ2n) is 7.34. The molecule has 2 N–H and O–H groups in total. The third kappa shape index (κ3) is 5.07. The first-order valence-corrected chi connectivity index (χ1v) is 11.6. The van der Waals surface area contributed by atoms with Crippen molar-refractivity contribution in [2.75, 3.05) is 31.1 Å². The highest BCUT2D eigenvalue weighted by Crippen LogP contribution is 2.18. The molecule has 0 saturated carbocycles. The lowest BCUT2D eigenvalue weighted by Gasteiger charge is -2.34. The number of piperazine rings is 1. The highest BCUT2D eigenvalue weighted by atomic mass is 32.2. The van der Waals surface area contributed by atoms with Gasteiger partial charge in [0.15, 0.2) is 11.5 Å². The second kappa shape index (κ2) is 9.46. The van der Waals surface area contributed by atoms with Crippen LogP contribution in [0, 0.1) is 5.82 Å². The van der Waals surface area contributed by atoms with Gasteiger partial charge in [-0.15, -0.1) is 10.2 Å². The Morgan fingerprint density at radius 3 is 2.39 bits per heavy atom. The van der Waals surface area contributed by atoms with E-state index in [9.17, 15) is 22.4 Å². The van der Waals surface area contributed by atoms with Crippen LogP contribution in [0.2, 0.25) is 0 Å². The van der Waals surface area contributed by atoms with Crippen LogP contribution in [-0.2, 0) is 16.6 Å². The topological polar surface area (TPSA) is 128 Å². The third-order valence-corrected chi connectivity index (χ3v) is 7.13. The smallest absolute Gasteiger partial charge is 0.272 e. The number of aromatic nitrogens is 3. The van der Waals surface area contributed by atoms with Crippen LogP contribution in [0.4, 0.5) is 10.2 Å². The quantitative estimate of drug-likeness (QED) is 0.542. The lowest BCUT2D eigenvalue weighted by atomic mass is 10.2. The minimum absolute atomic E-state index is 0.130. The van der Waals surface area contributed by atoms with E-state index in [-0.39, 0.29) is 36.0 Å². The van der Waals surface area contributed by atoms with Crippen molar-refractivity contribution in [2.24, 2.45) is 0 Å². The van der Waals surface area contributed by atoms with Gasteiger partial charge >= 0.3 is 0 Å². The van der Waals surface area contributed by atoms with Crippen molar-refractivity contribution in [3.8, 4) is 0 Å². The number of H-pyrrole nitrogens is 1. The number of benzene rings is 1. The SMILES string of the molecule is O=C(NCc1ccc(F)cc1)c1ccc(N2CCN(S(=O)(=O)c3ccc[nH]c3=O)CC2)nn1. The Morgan fingerprint density at radius 1 is 1.03 bits per heavy atom. The molecular formula is C21H21FN6O4S. The maximum absolute atomic E-state index is 13.0. The largest absolute Gasteiger partial charge is 0.352 e. The summed E-state index contributed by atoms with van der Waals surface area (Å²) in [5, 5.41) is 10.8. The summed E-state index contributed by atoms with van der Waals surface area (Å²) >= 11 is 0. The molecule has 4 rings (SSSR count). The summed E-state index contributed by atoms with van der Waals surface area (Å²) < 4.78 is 39.7. The van der Waals surface area contributed by atoms with Crippen molar-refractivity contribution in [3.63, 3.8) is 0 Å². The van der Waals surface area contributed by atoms with Crippen LogP contribution in [0.1, 0.15) is 16.1 Å². The van der Waals surface area contributed by atoms with Crippen LogP contribution in [0.5, 0.6) is 0 Å². The van der Waals surface area contributed by atoms with Gasteiger partial charge in [-0.25, -0.2) is 12.8 Å². The van der Waals surface area contributed by atoms with Crippen molar-refractivity contribution in [1.82, 2.24) is 24.8 Å². The van der Waals surface area contributed by atoms with E-state index in [4.69, 9.17) is 0 Å². The van der Waals surface area contributed by atoms with Crippen LogP contribution in [0.3, 0.4) is 0 Å². The molecule has 10 nitrogen and oxygen atoms in total. The van der Waals surface area contributed by atoms with Crippen LogP contribution >= 0.6 is 0 Å². The summed E-state index contributed by atoms with van der Waals surface area (Å²) in [5.74, 6) is -0.249. The molecule has 0 unspecified atom stereocenters. The van der Waals surface area contributed by atoms with E-state index in [2.05, 4.69) is 20.5 Å². The Bertz CT molecular complexity index is 1290. The first kappa shape index (κ1) is 22.6. The Hall–Kier alpha value is -3.64. The number of hydrogen-bond acceptors (Lipinski definition) is 7. The van der Waals surface area contributed by atoms with Gasteiger partial charge in [0, 0.05) is 38.9 Å². The molecule has 0 bridgehead atoms. The molecule has 0 aliphatic carbocycles. The van der Waals surface area contributed by atoms with Crippen LogP contribution in [0.25, 0.3) is 0 Å². The van der Waals surface area contributed by atoms with Gasteiger partial charge in [-0.1, -0.05) is 12.1 Å². The maximum Gasteiger partial charge on any atom is 0.272 e. The summed E-state index contributed by atoms with van der Waals surface area (Å²) in [6.45, 7) is 1.29. The summed E-state index contributed by atoms with van der Waals surface area (Å²) in [6.07, 6.45) is 1.38. The molecule has 1 aliphatic rings. The van der Waals surface area contributed by atoms with E-state index in [1.54, 1.807) is 18.2 Å².